The molecule has 0 saturated carbocycles. The number of nitrogens with zero attached hydrogens (tertiary/aromatic N) is 1. The number of hydrogen-bond acceptors (Lipinski definition) is 3. The zero-order valence-electron chi connectivity index (χ0n) is 29.8. The number of furan rings is 2. The van der Waals surface area contributed by atoms with E-state index >= 15 is 0 Å². The van der Waals surface area contributed by atoms with E-state index in [1.165, 1.54) is 11.1 Å². The van der Waals surface area contributed by atoms with E-state index in [1.807, 2.05) is 18.2 Å². The van der Waals surface area contributed by atoms with Crippen LogP contribution in [-0.2, 0) is 0 Å². The molecule has 11 rings (SSSR count). The van der Waals surface area contributed by atoms with Crippen LogP contribution in [0.5, 0.6) is 0 Å². The van der Waals surface area contributed by atoms with Crippen LogP contribution in [0.4, 0.5) is 17.1 Å². The Labute approximate surface area is 317 Å². The molecule has 0 radical (unpaired) electrons. The molecule has 0 amide bonds. The molecule has 11 aromatic rings. The van der Waals surface area contributed by atoms with Crippen molar-refractivity contribution >= 4 is 71.7 Å². The minimum atomic E-state index is 0.898. The van der Waals surface area contributed by atoms with Gasteiger partial charge in [-0.25, -0.2) is 0 Å². The summed E-state index contributed by atoms with van der Waals surface area (Å²) in [6, 6.07) is 70.9. The molecule has 0 atom stereocenters. The molecule has 0 N–H and O–H groups in total. The lowest BCUT2D eigenvalue weighted by molar-refractivity contribution is 0.669. The first-order valence-corrected chi connectivity index (χ1v) is 18.7. The van der Waals surface area contributed by atoms with Crippen molar-refractivity contribution in [3.63, 3.8) is 0 Å². The topological polar surface area (TPSA) is 29.5 Å². The van der Waals surface area contributed by atoms with Gasteiger partial charge in [-0.15, -0.1) is 0 Å². The first-order valence-electron chi connectivity index (χ1n) is 18.7. The van der Waals surface area contributed by atoms with Gasteiger partial charge in [0.2, 0.25) is 0 Å². The van der Waals surface area contributed by atoms with Crippen LogP contribution in [0.2, 0.25) is 0 Å². The molecular weight excluding hydrogens is 671 g/mol. The summed E-state index contributed by atoms with van der Waals surface area (Å²) in [6.07, 6.45) is 0. The summed E-state index contributed by atoms with van der Waals surface area (Å²) in [6.45, 7) is 0. The van der Waals surface area contributed by atoms with Crippen LogP contribution in [-0.4, -0.2) is 0 Å². The minimum Gasteiger partial charge on any atom is -0.456 e. The van der Waals surface area contributed by atoms with E-state index in [2.05, 4.69) is 187 Å². The summed E-state index contributed by atoms with van der Waals surface area (Å²) >= 11 is 0. The summed E-state index contributed by atoms with van der Waals surface area (Å²) in [5.74, 6) is 0. The lowest BCUT2D eigenvalue weighted by Crippen LogP contribution is -2.09. The van der Waals surface area contributed by atoms with Gasteiger partial charge in [-0.2, -0.15) is 0 Å². The molecule has 9 aromatic carbocycles. The van der Waals surface area contributed by atoms with Gasteiger partial charge < -0.3 is 13.7 Å². The van der Waals surface area contributed by atoms with Gasteiger partial charge in [-0.3, -0.25) is 0 Å². The highest BCUT2D eigenvalue weighted by atomic mass is 16.3. The summed E-state index contributed by atoms with van der Waals surface area (Å²) in [4.78, 5) is 2.33. The molecule has 0 unspecified atom stereocenters. The summed E-state index contributed by atoms with van der Waals surface area (Å²) in [5, 5.41) is 6.83. The van der Waals surface area contributed by atoms with Crippen LogP contribution in [0.1, 0.15) is 0 Å². The molecule has 0 spiro atoms. The molecule has 0 aliphatic carbocycles. The Kier molecular flexibility index (Phi) is 7.17. The molecule has 0 saturated heterocycles. The Morgan fingerprint density at radius 1 is 0.309 bits per heavy atom. The maximum atomic E-state index is 6.52. The Morgan fingerprint density at radius 2 is 0.800 bits per heavy atom. The molecule has 3 nitrogen and oxygen atoms in total. The highest BCUT2D eigenvalue weighted by Crippen LogP contribution is 2.43. The van der Waals surface area contributed by atoms with Crippen LogP contribution >= 0.6 is 0 Å². The third-order valence-electron chi connectivity index (χ3n) is 10.9. The van der Waals surface area contributed by atoms with E-state index in [4.69, 9.17) is 8.83 Å². The lowest BCUT2D eigenvalue weighted by Gasteiger charge is -2.26. The van der Waals surface area contributed by atoms with E-state index in [0.717, 1.165) is 94.0 Å². The number of fused-ring (bicyclic) bond motifs is 8. The molecular formula is C52H33NO2. The van der Waals surface area contributed by atoms with Crippen LogP contribution < -0.4 is 4.90 Å². The quantitative estimate of drug-likeness (QED) is 0.173. The zero-order chi connectivity index (χ0) is 36.3. The summed E-state index contributed by atoms with van der Waals surface area (Å²) < 4.78 is 12.7. The van der Waals surface area contributed by atoms with E-state index < -0.39 is 0 Å². The maximum absolute atomic E-state index is 6.52. The first-order chi connectivity index (χ1) is 27.3. The normalized spacial score (nSPS) is 11.6. The van der Waals surface area contributed by atoms with Crippen molar-refractivity contribution in [2.24, 2.45) is 0 Å². The number of rotatable bonds is 6. The molecule has 258 valence electrons. The fraction of sp³-hybridized carbons (Fsp3) is 0. The van der Waals surface area contributed by atoms with Crippen LogP contribution in [0.15, 0.2) is 209 Å². The van der Waals surface area contributed by atoms with Crippen LogP contribution in [0.25, 0.3) is 88.0 Å². The predicted molar refractivity (Wildman–Crippen MR) is 229 cm³/mol. The van der Waals surface area contributed by atoms with Crippen LogP contribution in [0, 0.1) is 0 Å². The molecule has 2 heterocycles. The third-order valence-corrected chi connectivity index (χ3v) is 10.9. The van der Waals surface area contributed by atoms with Gasteiger partial charge in [0.1, 0.15) is 22.3 Å². The number of para-hydroxylation sites is 2. The molecule has 55 heavy (non-hydrogen) atoms. The van der Waals surface area contributed by atoms with E-state index in [9.17, 15) is 0 Å². The van der Waals surface area contributed by atoms with Crippen LogP contribution in [0.3, 0.4) is 0 Å². The predicted octanol–water partition coefficient (Wildman–Crippen LogP) is 15.1. The van der Waals surface area contributed by atoms with Gasteiger partial charge in [0, 0.05) is 44.0 Å². The van der Waals surface area contributed by atoms with E-state index in [0.29, 0.717) is 0 Å². The average Bonchev–Trinajstić information content (AvgIpc) is 3.84. The van der Waals surface area contributed by atoms with Gasteiger partial charge in [-0.05, 0) is 99.4 Å². The second-order valence-corrected chi connectivity index (χ2v) is 14.1. The Morgan fingerprint density at radius 3 is 1.47 bits per heavy atom. The SMILES string of the molecule is c1ccc(-c2ccc(N(c3ccc(-c4cccc5oc6ccccc6c45)cc3)c3ccc(-c4cc5ccccc5c5oc6ccccc6c45)cc3)cc2)cc1. The zero-order valence-corrected chi connectivity index (χ0v) is 29.8. The molecule has 0 aliphatic heterocycles. The Hall–Kier alpha value is -7.36. The number of hydrogen-bond donors (Lipinski definition) is 0. The van der Waals surface area contributed by atoms with Gasteiger partial charge in [0.25, 0.3) is 0 Å². The van der Waals surface area contributed by atoms with Gasteiger partial charge in [0.15, 0.2) is 0 Å². The highest BCUT2D eigenvalue weighted by Gasteiger charge is 2.19. The van der Waals surface area contributed by atoms with Gasteiger partial charge in [0.05, 0.1) is 0 Å². The monoisotopic (exact) mass is 703 g/mol. The van der Waals surface area contributed by atoms with E-state index in [1.54, 1.807) is 0 Å². The Balaban J connectivity index is 1.03. The maximum Gasteiger partial charge on any atom is 0.143 e. The second kappa shape index (κ2) is 12.6. The largest absolute Gasteiger partial charge is 0.456 e. The summed E-state index contributed by atoms with van der Waals surface area (Å²) in [7, 11) is 0. The smallest absolute Gasteiger partial charge is 0.143 e. The Bertz CT molecular complexity index is 3170. The molecule has 0 bridgehead atoms. The van der Waals surface area contributed by atoms with E-state index in [-0.39, 0.29) is 0 Å². The third kappa shape index (κ3) is 5.20. The molecule has 0 fully saturated rings. The molecule has 3 heteroatoms. The van der Waals surface area contributed by atoms with Crippen molar-refractivity contribution in [1.29, 1.82) is 0 Å². The fourth-order valence-electron chi connectivity index (χ4n) is 8.26. The molecule has 2 aromatic heterocycles. The number of benzene rings is 9. The highest BCUT2D eigenvalue weighted by molar-refractivity contribution is 6.21. The fourth-order valence-corrected chi connectivity index (χ4v) is 8.26. The average molecular weight is 704 g/mol. The molecule has 0 aliphatic rings. The van der Waals surface area contributed by atoms with Crippen molar-refractivity contribution in [3.05, 3.63) is 200 Å². The minimum absolute atomic E-state index is 0.898. The second-order valence-electron chi connectivity index (χ2n) is 14.1. The first kappa shape index (κ1) is 31.2. The summed E-state index contributed by atoms with van der Waals surface area (Å²) in [5.41, 5.74) is 13.8. The lowest BCUT2D eigenvalue weighted by atomic mass is 9.95. The van der Waals surface area contributed by atoms with Crippen molar-refractivity contribution in [2.75, 3.05) is 4.90 Å². The number of anilines is 3. The van der Waals surface area contributed by atoms with Crippen molar-refractivity contribution in [3.8, 4) is 33.4 Å². The standard InChI is InChI=1S/C52H33NO2/c1-2-11-34(12-3-1)35-21-27-39(28-22-35)53(40-29-23-36(24-30-40)42-17-10-20-49-50(42)44-15-6-8-18-47(44)54-49)41-31-25-37(26-32-41)46-33-38-13-4-5-14-43(38)52-51(46)45-16-7-9-19-48(45)55-52/h1-33H. The van der Waals surface area contributed by atoms with Crippen molar-refractivity contribution in [1.82, 2.24) is 0 Å². The van der Waals surface area contributed by atoms with Crippen molar-refractivity contribution < 1.29 is 8.83 Å². The van der Waals surface area contributed by atoms with Gasteiger partial charge >= 0.3 is 0 Å². The van der Waals surface area contributed by atoms with Crippen molar-refractivity contribution in [2.45, 2.75) is 0 Å². The van der Waals surface area contributed by atoms with Gasteiger partial charge in [-0.1, -0.05) is 140 Å².